The molecule has 0 saturated carbocycles. The van der Waals surface area contributed by atoms with Crippen LogP contribution in [-0.4, -0.2) is 9.55 Å². The summed E-state index contributed by atoms with van der Waals surface area (Å²) >= 11 is 0. The Morgan fingerprint density at radius 2 is 1.48 bits per heavy atom. The number of ether oxygens (including phenoxy) is 1. The number of anilines is 2. The van der Waals surface area contributed by atoms with E-state index in [-0.39, 0.29) is 32.0 Å². The number of aryl methyl sites for hydroxylation is 1. The summed E-state index contributed by atoms with van der Waals surface area (Å²) in [5.41, 5.74) is 11.4. The Labute approximate surface area is 303 Å². The summed E-state index contributed by atoms with van der Waals surface area (Å²) in [4.78, 5) is 8.86. The first-order valence-corrected chi connectivity index (χ1v) is 16.0. The van der Waals surface area contributed by atoms with Crippen LogP contribution in [0.15, 0.2) is 79.3 Å². The van der Waals surface area contributed by atoms with Gasteiger partial charge in [-0.1, -0.05) is 44.5 Å². The maximum absolute atomic E-state index is 7.97. The Morgan fingerprint density at radius 3 is 2.21 bits per heavy atom. The van der Waals surface area contributed by atoms with Crippen molar-refractivity contribution in [1.29, 1.82) is 0 Å². The third-order valence-electron chi connectivity index (χ3n) is 9.58. The van der Waals surface area contributed by atoms with E-state index in [4.69, 9.17) is 8.85 Å². The van der Waals surface area contributed by atoms with Crippen molar-refractivity contribution in [3.63, 3.8) is 0 Å². The molecule has 0 N–H and O–H groups in total. The zero-order valence-corrected chi connectivity index (χ0v) is 30.9. The van der Waals surface area contributed by atoms with Gasteiger partial charge in [-0.3, -0.25) is 0 Å². The summed E-state index contributed by atoms with van der Waals surface area (Å²) in [6.07, 6.45) is 5.70. The zero-order valence-electron chi connectivity index (χ0n) is 31.6. The maximum Gasteiger partial charge on any atom is 0.135 e. The molecule has 6 aromatic rings. The number of rotatable bonds is 5. The molecule has 0 fully saturated rings. The minimum atomic E-state index is -2.26. The Hall–Kier alpha value is -4.34. The maximum atomic E-state index is 7.97. The number of pyridine rings is 1. The van der Waals surface area contributed by atoms with Crippen molar-refractivity contribution in [1.82, 2.24) is 9.55 Å². The van der Waals surface area contributed by atoms with E-state index < -0.39 is 6.85 Å². The smallest absolute Gasteiger partial charge is 0.135 e. The van der Waals surface area contributed by atoms with Crippen molar-refractivity contribution in [2.24, 2.45) is 0 Å². The van der Waals surface area contributed by atoms with Crippen molar-refractivity contribution in [3.8, 4) is 17.3 Å². The van der Waals surface area contributed by atoms with Crippen LogP contribution in [0, 0.1) is 60.3 Å². The second kappa shape index (κ2) is 12.6. The molecule has 0 aliphatic carbocycles. The summed E-state index contributed by atoms with van der Waals surface area (Å²) in [5.74, 6) is 1.59. The van der Waals surface area contributed by atoms with E-state index in [1.54, 1.807) is 12.3 Å². The van der Waals surface area contributed by atoms with Crippen molar-refractivity contribution >= 4 is 33.2 Å². The molecule has 0 amide bonds. The standard InChI is InChI=1S/C42H41N4O.Pt/c1-26-16-17-43-40(20-26)46-38-13-11-10-12-36(38)37-15-14-34(24-39(37)46)47-35-22-32(42(7,8)9)21-33(23-35)44-18-19-45(25-44)41-30(5)28(3)27(2)29(4)31(41)6;/h10-22,25H,1-9H3;/q-3;/i1D3;. The molecule has 1 aliphatic rings. The molecule has 248 valence electrons. The predicted octanol–water partition coefficient (Wildman–Crippen LogP) is 10.6. The van der Waals surface area contributed by atoms with Gasteiger partial charge in [0.15, 0.2) is 0 Å². The summed E-state index contributed by atoms with van der Waals surface area (Å²) in [6.45, 7) is 17.4. The van der Waals surface area contributed by atoms with E-state index in [9.17, 15) is 0 Å². The van der Waals surface area contributed by atoms with Crippen LogP contribution in [0.5, 0.6) is 11.5 Å². The molecular formula is C42H41N4OPt-3. The summed E-state index contributed by atoms with van der Waals surface area (Å²) < 4.78 is 32.4. The fraction of sp³-hybridized carbons (Fsp3) is 0.238. The summed E-state index contributed by atoms with van der Waals surface area (Å²) in [5, 5.41) is 1.98. The predicted molar refractivity (Wildman–Crippen MR) is 195 cm³/mol. The van der Waals surface area contributed by atoms with E-state index >= 15 is 0 Å². The van der Waals surface area contributed by atoms with Gasteiger partial charge in [0.05, 0.1) is 0 Å². The molecule has 1 aliphatic heterocycles. The van der Waals surface area contributed by atoms with Crippen LogP contribution in [0.25, 0.3) is 27.6 Å². The normalized spacial score (nSPS) is 14.3. The Morgan fingerprint density at radius 1 is 0.771 bits per heavy atom. The van der Waals surface area contributed by atoms with E-state index in [1.807, 2.05) is 41.0 Å². The van der Waals surface area contributed by atoms with Gasteiger partial charge in [-0.25, -0.2) is 4.98 Å². The minimum absolute atomic E-state index is 0. The molecule has 0 saturated heterocycles. The molecule has 7 rings (SSSR count). The van der Waals surface area contributed by atoms with Gasteiger partial charge < -0.3 is 19.1 Å². The monoisotopic (exact) mass is 815 g/mol. The molecule has 3 heterocycles. The zero-order chi connectivity index (χ0) is 35.7. The van der Waals surface area contributed by atoms with E-state index in [2.05, 4.69) is 114 Å². The van der Waals surface area contributed by atoms with Crippen LogP contribution in [-0.2, 0) is 26.5 Å². The van der Waals surface area contributed by atoms with E-state index in [0.29, 0.717) is 17.3 Å². The topological polar surface area (TPSA) is 33.5 Å². The third-order valence-corrected chi connectivity index (χ3v) is 9.58. The molecule has 5 nitrogen and oxygen atoms in total. The van der Waals surface area contributed by atoms with E-state index in [0.717, 1.165) is 33.1 Å². The number of benzene rings is 4. The largest absolute Gasteiger partial charge is 0.509 e. The van der Waals surface area contributed by atoms with Crippen molar-refractivity contribution in [3.05, 3.63) is 137 Å². The first kappa shape index (κ1) is 29.8. The number of hydrogen-bond donors (Lipinski definition) is 0. The molecule has 4 aromatic carbocycles. The molecule has 0 atom stereocenters. The van der Waals surface area contributed by atoms with Crippen molar-refractivity contribution in [2.75, 3.05) is 9.80 Å². The third kappa shape index (κ3) is 5.83. The number of nitrogens with zero attached hydrogens (tertiary/aromatic N) is 4. The first-order valence-electron chi connectivity index (χ1n) is 17.5. The van der Waals surface area contributed by atoms with Gasteiger partial charge in [0.25, 0.3) is 0 Å². The van der Waals surface area contributed by atoms with E-state index in [1.165, 1.54) is 39.6 Å². The molecule has 0 bridgehead atoms. The first-order chi connectivity index (χ1) is 23.6. The summed E-state index contributed by atoms with van der Waals surface area (Å²) in [7, 11) is 0. The average Bonchev–Trinajstić information content (AvgIpc) is 3.69. The minimum Gasteiger partial charge on any atom is -0.509 e. The van der Waals surface area contributed by atoms with Gasteiger partial charge >= 0.3 is 0 Å². The van der Waals surface area contributed by atoms with Crippen molar-refractivity contribution in [2.45, 2.75) is 67.7 Å². The Bertz CT molecular complexity index is 2310. The molecular weight excluding hydrogens is 772 g/mol. The van der Waals surface area contributed by atoms with Gasteiger partial charge in [0.2, 0.25) is 0 Å². The number of hydrogen-bond acceptors (Lipinski definition) is 4. The SMILES string of the molecule is [2H]C([2H])([2H])c1ccnc(-n2c3[c-]c(Oc4[c-]c(N5C=CN(c6c(C)c(C)c(C)c(C)c6C)[CH-]5)cc(C(C)(C)C)c4)ccc3c3ccccc32)c1.[Pt]. The number of fused-ring (bicyclic) bond motifs is 3. The molecule has 2 aromatic heterocycles. The fourth-order valence-electron chi connectivity index (χ4n) is 6.48. The van der Waals surface area contributed by atoms with Gasteiger partial charge in [-0.15, -0.1) is 53.6 Å². The van der Waals surface area contributed by atoms with Gasteiger partial charge in [-0.2, -0.15) is 6.07 Å². The fourth-order valence-corrected chi connectivity index (χ4v) is 6.48. The van der Waals surface area contributed by atoms with Crippen LogP contribution in [0.4, 0.5) is 11.4 Å². The van der Waals surface area contributed by atoms with Crippen LogP contribution in [0.1, 0.15) is 63.8 Å². The van der Waals surface area contributed by atoms with Gasteiger partial charge in [0.1, 0.15) is 5.82 Å². The number of para-hydroxylation sites is 1. The Kier molecular flexibility index (Phi) is 7.81. The molecule has 0 spiro atoms. The molecule has 6 heteroatoms. The van der Waals surface area contributed by atoms with Crippen LogP contribution >= 0.6 is 0 Å². The van der Waals surface area contributed by atoms with Crippen molar-refractivity contribution < 1.29 is 29.9 Å². The quantitative estimate of drug-likeness (QED) is 0.162. The molecule has 48 heavy (non-hydrogen) atoms. The van der Waals surface area contributed by atoms with Gasteiger partial charge in [0, 0.05) is 54.1 Å². The second-order valence-corrected chi connectivity index (χ2v) is 13.5. The Balaban J connectivity index is 0.00000448. The van der Waals surface area contributed by atoms with Crippen LogP contribution in [0.2, 0.25) is 0 Å². The average molecular weight is 816 g/mol. The molecule has 0 unspecified atom stereocenters. The molecule has 0 radical (unpaired) electrons. The van der Waals surface area contributed by atoms with Crippen LogP contribution in [0.3, 0.4) is 0 Å². The summed E-state index contributed by atoms with van der Waals surface area (Å²) in [6, 6.07) is 26.3. The number of aromatic nitrogens is 2. The van der Waals surface area contributed by atoms with Crippen LogP contribution < -0.4 is 14.5 Å². The second-order valence-electron chi connectivity index (χ2n) is 13.5. The van der Waals surface area contributed by atoms with Gasteiger partial charge in [-0.05, 0) is 116 Å².